The first kappa shape index (κ1) is 13.2. The molecule has 4 heterocycles. The van der Waals surface area contributed by atoms with Crippen molar-refractivity contribution in [1.29, 1.82) is 0 Å². The third-order valence-corrected chi connectivity index (χ3v) is 3.33. The topological polar surface area (TPSA) is 105 Å². The summed E-state index contributed by atoms with van der Waals surface area (Å²) in [6, 6.07) is 3.61. The minimum atomic E-state index is 0.337. The summed E-state index contributed by atoms with van der Waals surface area (Å²) in [6.07, 6.45) is 10.5. The second kappa shape index (κ2) is 5.05. The minimum Gasteiger partial charge on any atom is -0.383 e. The van der Waals surface area contributed by atoms with Gasteiger partial charge in [-0.05, 0) is 12.1 Å². The van der Waals surface area contributed by atoms with E-state index in [4.69, 9.17) is 5.73 Å². The Labute approximate surface area is 131 Å². The molecule has 4 rings (SSSR count). The highest BCUT2D eigenvalue weighted by Crippen LogP contribution is 2.30. The summed E-state index contributed by atoms with van der Waals surface area (Å²) >= 11 is 0. The molecule has 0 saturated carbocycles. The number of anilines is 1. The Balaban J connectivity index is 1.98. The molecule has 0 amide bonds. The molecule has 0 aliphatic carbocycles. The van der Waals surface area contributed by atoms with Crippen LogP contribution in [0.3, 0.4) is 0 Å². The highest BCUT2D eigenvalue weighted by molar-refractivity contribution is 5.79. The monoisotopic (exact) mass is 307 g/mol. The first-order valence-corrected chi connectivity index (χ1v) is 6.89. The molecule has 4 aromatic heterocycles. The third-order valence-electron chi connectivity index (χ3n) is 3.33. The molecule has 23 heavy (non-hydrogen) atoms. The van der Waals surface area contributed by atoms with Crippen LogP contribution in [0.4, 0.5) is 5.82 Å². The van der Waals surface area contributed by atoms with Crippen molar-refractivity contribution >= 4 is 5.82 Å². The van der Waals surface area contributed by atoms with E-state index in [1.807, 2.05) is 19.3 Å². The average molecular weight is 307 g/mol. The van der Waals surface area contributed by atoms with Crippen LogP contribution in [0.25, 0.3) is 22.9 Å². The third kappa shape index (κ3) is 2.24. The van der Waals surface area contributed by atoms with Gasteiger partial charge in [0.2, 0.25) is 0 Å². The molecule has 2 N–H and O–H groups in total. The quantitative estimate of drug-likeness (QED) is 0.601. The lowest BCUT2D eigenvalue weighted by Gasteiger charge is -2.11. The molecule has 0 spiro atoms. The Hall–Kier alpha value is -3.49. The van der Waals surface area contributed by atoms with Crippen LogP contribution in [0.2, 0.25) is 0 Å². The first-order chi connectivity index (χ1) is 11.2. The van der Waals surface area contributed by atoms with Gasteiger partial charge in [0.15, 0.2) is 5.82 Å². The van der Waals surface area contributed by atoms with E-state index in [0.29, 0.717) is 23.1 Å². The van der Waals surface area contributed by atoms with Gasteiger partial charge in [-0.25, -0.2) is 9.36 Å². The summed E-state index contributed by atoms with van der Waals surface area (Å²) in [7, 11) is 1.84. The second-order valence-electron chi connectivity index (χ2n) is 4.91. The van der Waals surface area contributed by atoms with Crippen molar-refractivity contribution in [2.75, 3.05) is 5.73 Å². The number of aromatic nitrogens is 8. The zero-order valence-corrected chi connectivity index (χ0v) is 12.3. The summed E-state index contributed by atoms with van der Waals surface area (Å²) in [5.41, 5.74) is 7.71. The molecular weight excluding hydrogens is 294 g/mol. The van der Waals surface area contributed by atoms with E-state index in [-0.39, 0.29) is 0 Å². The van der Waals surface area contributed by atoms with Gasteiger partial charge in [0, 0.05) is 43.6 Å². The van der Waals surface area contributed by atoms with Crippen LogP contribution in [0.15, 0.2) is 49.3 Å². The SMILES string of the molecule is Cn1cc(-c2c(N)nc(-n3cccn3)nc2-n2cccn2)cn1. The molecule has 0 aliphatic rings. The van der Waals surface area contributed by atoms with E-state index in [9.17, 15) is 0 Å². The Bertz CT molecular complexity index is 935. The first-order valence-electron chi connectivity index (χ1n) is 6.89. The maximum Gasteiger partial charge on any atom is 0.254 e. The average Bonchev–Trinajstić information content (AvgIpc) is 3.29. The van der Waals surface area contributed by atoms with E-state index in [0.717, 1.165) is 5.56 Å². The number of nitrogens with zero attached hydrogens (tertiary/aromatic N) is 8. The van der Waals surface area contributed by atoms with Crippen LogP contribution in [0.1, 0.15) is 0 Å². The maximum absolute atomic E-state index is 6.21. The Morgan fingerprint density at radius 2 is 1.70 bits per heavy atom. The fourth-order valence-corrected chi connectivity index (χ4v) is 2.33. The molecule has 0 atom stereocenters. The van der Waals surface area contributed by atoms with E-state index in [1.165, 1.54) is 0 Å². The van der Waals surface area contributed by atoms with Gasteiger partial charge in [-0.1, -0.05) is 0 Å². The maximum atomic E-state index is 6.21. The zero-order chi connectivity index (χ0) is 15.8. The highest BCUT2D eigenvalue weighted by atomic mass is 15.4. The molecule has 0 bridgehead atoms. The highest BCUT2D eigenvalue weighted by Gasteiger charge is 2.18. The Morgan fingerprint density at radius 3 is 2.30 bits per heavy atom. The zero-order valence-electron chi connectivity index (χ0n) is 12.3. The molecule has 0 saturated heterocycles. The van der Waals surface area contributed by atoms with Gasteiger partial charge in [-0.15, -0.1) is 0 Å². The molecule has 0 aromatic carbocycles. The minimum absolute atomic E-state index is 0.337. The lowest BCUT2D eigenvalue weighted by Crippen LogP contribution is -2.11. The van der Waals surface area contributed by atoms with Crippen LogP contribution in [0.5, 0.6) is 0 Å². The van der Waals surface area contributed by atoms with Gasteiger partial charge in [0.25, 0.3) is 5.95 Å². The summed E-state index contributed by atoms with van der Waals surface area (Å²) in [5.74, 6) is 1.29. The molecule has 0 aliphatic heterocycles. The van der Waals surface area contributed by atoms with Gasteiger partial charge < -0.3 is 5.73 Å². The van der Waals surface area contributed by atoms with Crippen molar-refractivity contribution in [1.82, 2.24) is 39.3 Å². The van der Waals surface area contributed by atoms with Crippen molar-refractivity contribution < 1.29 is 0 Å². The molecule has 114 valence electrons. The van der Waals surface area contributed by atoms with E-state index in [1.54, 1.807) is 51.1 Å². The molecule has 0 fully saturated rings. The lowest BCUT2D eigenvalue weighted by atomic mass is 10.1. The fourth-order valence-electron chi connectivity index (χ4n) is 2.33. The van der Waals surface area contributed by atoms with Gasteiger partial charge in [0.1, 0.15) is 5.82 Å². The molecule has 9 nitrogen and oxygen atoms in total. The van der Waals surface area contributed by atoms with Gasteiger partial charge in [0.05, 0.1) is 11.8 Å². The second-order valence-corrected chi connectivity index (χ2v) is 4.91. The number of rotatable bonds is 3. The molecular formula is C14H13N9. The predicted octanol–water partition coefficient (Wildman–Crippen LogP) is 0.831. The molecule has 9 heteroatoms. The molecule has 0 radical (unpaired) electrons. The van der Waals surface area contributed by atoms with Crippen LogP contribution < -0.4 is 5.73 Å². The van der Waals surface area contributed by atoms with Gasteiger partial charge in [-0.2, -0.15) is 25.3 Å². The molecule has 4 aromatic rings. The Morgan fingerprint density at radius 1 is 0.957 bits per heavy atom. The Kier molecular flexibility index (Phi) is 2.90. The largest absolute Gasteiger partial charge is 0.383 e. The van der Waals surface area contributed by atoms with Crippen molar-refractivity contribution in [3.8, 4) is 22.9 Å². The van der Waals surface area contributed by atoms with Crippen LogP contribution in [-0.2, 0) is 7.05 Å². The van der Waals surface area contributed by atoms with Crippen LogP contribution in [0, 0.1) is 0 Å². The summed E-state index contributed by atoms with van der Waals surface area (Å²) in [6.45, 7) is 0. The van der Waals surface area contributed by atoms with Gasteiger partial charge in [-0.3, -0.25) is 4.68 Å². The predicted molar refractivity (Wildman–Crippen MR) is 82.9 cm³/mol. The fraction of sp³-hybridized carbons (Fsp3) is 0.0714. The van der Waals surface area contributed by atoms with E-state index < -0.39 is 0 Å². The van der Waals surface area contributed by atoms with Crippen molar-refractivity contribution in [2.45, 2.75) is 0 Å². The van der Waals surface area contributed by atoms with Crippen molar-refractivity contribution in [3.05, 3.63) is 49.3 Å². The van der Waals surface area contributed by atoms with Gasteiger partial charge >= 0.3 is 0 Å². The normalized spacial score (nSPS) is 11.0. The smallest absolute Gasteiger partial charge is 0.254 e. The summed E-state index contributed by atoms with van der Waals surface area (Å²) < 4.78 is 4.90. The number of nitrogen functional groups attached to an aromatic ring is 1. The number of hydrogen-bond acceptors (Lipinski definition) is 6. The van der Waals surface area contributed by atoms with E-state index in [2.05, 4.69) is 25.3 Å². The van der Waals surface area contributed by atoms with Crippen LogP contribution >= 0.6 is 0 Å². The summed E-state index contributed by atoms with van der Waals surface area (Å²) in [4.78, 5) is 8.94. The number of nitrogens with two attached hydrogens (primary N) is 1. The molecule has 0 unspecified atom stereocenters. The van der Waals surface area contributed by atoms with Crippen molar-refractivity contribution in [3.63, 3.8) is 0 Å². The lowest BCUT2D eigenvalue weighted by molar-refractivity contribution is 0.767. The number of hydrogen-bond donors (Lipinski definition) is 1. The van der Waals surface area contributed by atoms with Crippen LogP contribution in [-0.4, -0.2) is 39.3 Å². The summed E-state index contributed by atoms with van der Waals surface area (Å²) in [5, 5.41) is 12.6. The van der Waals surface area contributed by atoms with E-state index >= 15 is 0 Å². The van der Waals surface area contributed by atoms with Crippen molar-refractivity contribution in [2.24, 2.45) is 7.05 Å². The number of aryl methyl sites for hydroxylation is 1. The standard InChI is InChI=1S/C14H13N9/c1-21-9-10(8-18-21)11-12(15)19-14(23-7-3-5-17-23)20-13(11)22-6-2-4-16-22/h2-9H,1H3,(H2,15,19,20).